The van der Waals surface area contributed by atoms with E-state index in [0.29, 0.717) is 21.6 Å². The van der Waals surface area contributed by atoms with Crippen LogP contribution in [0.15, 0.2) is 54.9 Å². The molecule has 2 aromatic carbocycles. The van der Waals surface area contributed by atoms with Crippen molar-refractivity contribution in [3.05, 3.63) is 87.4 Å². The third-order valence-electron chi connectivity index (χ3n) is 6.69. The van der Waals surface area contributed by atoms with Gasteiger partial charge in [-0.1, -0.05) is 53.5 Å². The van der Waals surface area contributed by atoms with Crippen molar-refractivity contribution in [2.24, 2.45) is 7.05 Å². The summed E-state index contributed by atoms with van der Waals surface area (Å²) < 4.78 is 41.5. The van der Waals surface area contributed by atoms with Crippen molar-refractivity contribution in [1.29, 1.82) is 0 Å². The predicted octanol–water partition coefficient (Wildman–Crippen LogP) is 5.12. The molecule has 0 unspecified atom stereocenters. The maximum atomic E-state index is 13.6. The number of nitrogens with one attached hydrogen (secondary N) is 1. The van der Waals surface area contributed by atoms with Crippen LogP contribution in [0, 0.1) is 0 Å². The molecule has 2 atom stereocenters. The first-order chi connectivity index (χ1) is 18.5. The number of amides is 2. The van der Waals surface area contributed by atoms with Gasteiger partial charge in [-0.05, 0) is 24.1 Å². The minimum absolute atomic E-state index is 0.205. The van der Waals surface area contributed by atoms with Crippen molar-refractivity contribution >= 4 is 46.0 Å². The van der Waals surface area contributed by atoms with E-state index >= 15 is 0 Å². The number of carbonyl (C=O) groups is 2. The molecule has 0 spiro atoms. The molecule has 4 aromatic rings. The molecule has 1 fully saturated rings. The van der Waals surface area contributed by atoms with Crippen LogP contribution in [-0.4, -0.2) is 55.6 Å². The monoisotopic (exact) mass is 576 g/mol. The summed E-state index contributed by atoms with van der Waals surface area (Å²) in [5.41, 5.74) is 0.0161. The Balaban J connectivity index is 1.43. The molecule has 1 saturated heterocycles. The zero-order chi connectivity index (χ0) is 27.9. The lowest BCUT2D eigenvalue weighted by molar-refractivity contribution is -0.141. The van der Waals surface area contributed by atoms with Gasteiger partial charge in [0.05, 0.1) is 10.5 Å². The van der Waals surface area contributed by atoms with Gasteiger partial charge >= 0.3 is 6.18 Å². The summed E-state index contributed by atoms with van der Waals surface area (Å²) >= 11 is 12.4. The Labute approximate surface area is 230 Å². The van der Waals surface area contributed by atoms with Crippen molar-refractivity contribution in [2.75, 3.05) is 13.1 Å². The van der Waals surface area contributed by atoms with E-state index in [-0.39, 0.29) is 25.4 Å². The SMILES string of the molecule is Cn1nc(C(F)(F)F)c(C(=O)N[C@@H]2CCN(C(=O)c3cc(Cl)c4nccnc4c3)C[C@@H]2c2ccccc2)c1Cl. The first-order valence-electron chi connectivity index (χ1n) is 11.9. The Morgan fingerprint density at radius 3 is 2.51 bits per heavy atom. The molecule has 0 bridgehead atoms. The summed E-state index contributed by atoms with van der Waals surface area (Å²) in [7, 11) is 1.23. The Morgan fingerprint density at radius 2 is 1.79 bits per heavy atom. The number of halogens is 5. The number of carbonyl (C=O) groups excluding carboxylic acids is 2. The zero-order valence-corrected chi connectivity index (χ0v) is 21.9. The molecule has 0 aliphatic carbocycles. The van der Waals surface area contributed by atoms with Crippen LogP contribution in [0.25, 0.3) is 11.0 Å². The lowest BCUT2D eigenvalue weighted by atomic mass is 9.85. The standard InChI is InChI=1S/C26H21Cl2F3N6O2/c1-36-23(28)20(22(35-36)26(29,30)31)24(38)34-18-7-10-37(13-16(18)14-5-3-2-4-6-14)25(39)15-11-17(27)21-19(12-15)32-8-9-33-21/h2-6,8-9,11-12,16,18H,7,10,13H2,1H3,(H,34,38)/t16-,18-/m1/s1. The van der Waals surface area contributed by atoms with Gasteiger partial charge in [0.2, 0.25) is 0 Å². The summed E-state index contributed by atoms with van der Waals surface area (Å²) in [5, 5.41) is 6.00. The van der Waals surface area contributed by atoms with Crippen molar-refractivity contribution in [2.45, 2.75) is 24.6 Å². The van der Waals surface area contributed by atoms with Crippen molar-refractivity contribution < 1.29 is 22.8 Å². The fourth-order valence-electron chi connectivity index (χ4n) is 4.83. The largest absolute Gasteiger partial charge is 0.436 e. The molecule has 2 aromatic heterocycles. The minimum atomic E-state index is -4.86. The maximum Gasteiger partial charge on any atom is 0.436 e. The molecule has 1 N–H and O–H groups in total. The second kappa shape index (κ2) is 10.5. The van der Waals surface area contributed by atoms with E-state index < -0.39 is 40.5 Å². The van der Waals surface area contributed by atoms with Crippen LogP contribution < -0.4 is 5.32 Å². The van der Waals surface area contributed by atoms with Gasteiger partial charge in [0, 0.05) is 50.1 Å². The maximum absolute atomic E-state index is 13.6. The van der Waals surface area contributed by atoms with Crippen LogP contribution in [0.2, 0.25) is 10.2 Å². The third-order valence-corrected chi connectivity index (χ3v) is 7.41. The highest BCUT2D eigenvalue weighted by Crippen LogP contribution is 2.35. The molecule has 0 saturated carbocycles. The average Bonchev–Trinajstić information content (AvgIpc) is 3.23. The molecular formula is C26H21Cl2F3N6O2. The van der Waals surface area contributed by atoms with Crippen molar-refractivity contribution in [3.8, 4) is 0 Å². The van der Waals surface area contributed by atoms with Gasteiger partial charge in [-0.15, -0.1) is 0 Å². The zero-order valence-electron chi connectivity index (χ0n) is 20.4. The first-order valence-corrected chi connectivity index (χ1v) is 12.6. The topological polar surface area (TPSA) is 93.0 Å². The molecular weight excluding hydrogens is 556 g/mol. The number of likely N-dealkylation sites (tertiary alicyclic amines) is 1. The Bertz CT molecular complexity index is 1560. The molecule has 1 aliphatic heterocycles. The average molecular weight is 577 g/mol. The van der Waals surface area contributed by atoms with Gasteiger partial charge in [0.25, 0.3) is 11.8 Å². The van der Waals surface area contributed by atoms with Gasteiger partial charge in [0.15, 0.2) is 5.69 Å². The number of benzene rings is 2. The number of hydrogen-bond donors (Lipinski definition) is 1. The lowest BCUT2D eigenvalue weighted by Gasteiger charge is -2.39. The van der Waals surface area contributed by atoms with Gasteiger partial charge in [-0.25, -0.2) is 0 Å². The highest BCUT2D eigenvalue weighted by atomic mass is 35.5. The number of rotatable bonds is 4. The summed E-state index contributed by atoms with van der Waals surface area (Å²) in [6, 6.07) is 11.7. The van der Waals surface area contributed by atoms with E-state index in [2.05, 4.69) is 20.4 Å². The summed E-state index contributed by atoms with van der Waals surface area (Å²) in [4.78, 5) is 36.7. The Kier molecular flexibility index (Phi) is 7.21. The molecule has 202 valence electrons. The van der Waals surface area contributed by atoms with Gasteiger partial charge in [-0.2, -0.15) is 18.3 Å². The van der Waals surface area contributed by atoms with Crippen LogP contribution in [-0.2, 0) is 13.2 Å². The quantitative estimate of drug-likeness (QED) is 0.364. The molecule has 39 heavy (non-hydrogen) atoms. The second-order valence-corrected chi connectivity index (χ2v) is 9.92. The van der Waals surface area contributed by atoms with Gasteiger partial charge in [-0.3, -0.25) is 24.2 Å². The van der Waals surface area contributed by atoms with Crippen LogP contribution in [0.3, 0.4) is 0 Å². The number of alkyl halides is 3. The number of aromatic nitrogens is 4. The predicted molar refractivity (Wildman–Crippen MR) is 139 cm³/mol. The van der Waals surface area contributed by atoms with Crippen molar-refractivity contribution in [1.82, 2.24) is 30.0 Å². The molecule has 1 aliphatic rings. The van der Waals surface area contributed by atoms with E-state index in [1.165, 1.54) is 25.5 Å². The molecule has 2 amide bonds. The number of piperidine rings is 1. The molecule has 8 nitrogen and oxygen atoms in total. The molecule has 3 heterocycles. The van der Waals surface area contributed by atoms with E-state index in [4.69, 9.17) is 23.2 Å². The van der Waals surface area contributed by atoms with E-state index in [1.54, 1.807) is 11.0 Å². The number of hydrogen-bond acceptors (Lipinski definition) is 5. The normalized spacial score (nSPS) is 17.8. The molecule has 5 rings (SSSR count). The van der Waals surface area contributed by atoms with E-state index in [9.17, 15) is 22.8 Å². The second-order valence-electron chi connectivity index (χ2n) is 9.15. The fraction of sp³-hybridized carbons (Fsp3) is 0.269. The van der Waals surface area contributed by atoms with E-state index in [1.807, 2.05) is 30.3 Å². The highest BCUT2D eigenvalue weighted by molar-refractivity contribution is 6.35. The van der Waals surface area contributed by atoms with Crippen molar-refractivity contribution in [3.63, 3.8) is 0 Å². The number of fused-ring (bicyclic) bond motifs is 1. The van der Waals surface area contributed by atoms with Gasteiger partial charge < -0.3 is 10.2 Å². The minimum Gasteiger partial charge on any atom is -0.348 e. The lowest BCUT2D eigenvalue weighted by Crippen LogP contribution is -2.51. The molecule has 13 heteroatoms. The third kappa shape index (κ3) is 5.28. The smallest absolute Gasteiger partial charge is 0.348 e. The van der Waals surface area contributed by atoms with Crippen LogP contribution >= 0.6 is 23.2 Å². The summed E-state index contributed by atoms with van der Waals surface area (Å²) in [6.45, 7) is 0.451. The Morgan fingerprint density at radius 1 is 1.08 bits per heavy atom. The summed E-state index contributed by atoms with van der Waals surface area (Å²) in [5.74, 6) is -1.68. The van der Waals surface area contributed by atoms with Gasteiger partial charge in [0.1, 0.15) is 16.2 Å². The Hall–Kier alpha value is -3.70. The van der Waals surface area contributed by atoms with Crippen LogP contribution in [0.5, 0.6) is 0 Å². The van der Waals surface area contributed by atoms with Crippen LogP contribution in [0.1, 0.15) is 44.3 Å². The van der Waals surface area contributed by atoms with Crippen LogP contribution in [0.4, 0.5) is 13.2 Å². The fourth-order valence-corrected chi connectivity index (χ4v) is 5.31. The van der Waals surface area contributed by atoms with E-state index in [0.717, 1.165) is 10.2 Å². The first kappa shape index (κ1) is 26.9. The number of aryl methyl sites for hydroxylation is 1. The highest BCUT2D eigenvalue weighted by Gasteiger charge is 2.42. The molecule has 0 radical (unpaired) electrons. The number of nitrogens with zero attached hydrogens (tertiary/aromatic N) is 5. The summed E-state index contributed by atoms with van der Waals surface area (Å²) in [6.07, 6.45) is -1.56.